The largest absolute Gasteiger partial charge is 0.366 e. The van der Waals surface area contributed by atoms with E-state index >= 15 is 0 Å². The third kappa shape index (κ3) is 4.52. The molecule has 0 spiro atoms. The van der Waals surface area contributed by atoms with Gasteiger partial charge in [-0.1, -0.05) is 6.07 Å². The fraction of sp³-hybridized carbons (Fsp3) is 0.519. The molecule has 2 saturated heterocycles. The zero-order chi connectivity index (χ0) is 23.9. The van der Waals surface area contributed by atoms with Crippen molar-refractivity contribution in [2.75, 3.05) is 50.7 Å². The zero-order valence-corrected chi connectivity index (χ0v) is 20.7. The van der Waals surface area contributed by atoms with Crippen LogP contribution in [0.25, 0.3) is 16.8 Å². The number of nitrogens with zero attached hydrogens (tertiary/aromatic N) is 6. The number of pyridine rings is 1. The number of carbonyl (C=O) groups is 1. The summed E-state index contributed by atoms with van der Waals surface area (Å²) in [5, 5.41) is 8.19. The van der Waals surface area contributed by atoms with E-state index in [9.17, 15) is 4.79 Å². The van der Waals surface area contributed by atoms with Crippen LogP contribution in [-0.4, -0.2) is 82.2 Å². The highest BCUT2D eigenvalue weighted by molar-refractivity contribution is 5.82. The van der Waals surface area contributed by atoms with Crippen LogP contribution < -0.4 is 10.2 Å². The minimum Gasteiger partial charge on any atom is -0.366 e. The first-order valence-corrected chi connectivity index (χ1v) is 13.0. The molecule has 3 aromatic heterocycles. The fourth-order valence-electron chi connectivity index (χ4n) is 5.41. The van der Waals surface area contributed by atoms with E-state index in [0.717, 1.165) is 75.4 Å². The Labute approximate surface area is 206 Å². The summed E-state index contributed by atoms with van der Waals surface area (Å²) < 4.78 is 1.95. The lowest BCUT2D eigenvalue weighted by molar-refractivity contribution is -0.132. The normalized spacial score (nSPS) is 21.7. The molecule has 5 heterocycles. The van der Waals surface area contributed by atoms with Gasteiger partial charge in [0.05, 0.1) is 16.9 Å². The van der Waals surface area contributed by atoms with Crippen molar-refractivity contribution in [3.63, 3.8) is 0 Å². The van der Waals surface area contributed by atoms with E-state index in [2.05, 4.69) is 64.5 Å². The molecule has 0 aromatic carbocycles. The molecule has 3 fully saturated rings. The lowest BCUT2D eigenvalue weighted by atomic mass is 10.0. The van der Waals surface area contributed by atoms with Crippen LogP contribution in [0.1, 0.15) is 38.3 Å². The first-order valence-electron chi connectivity index (χ1n) is 13.0. The van der Waals surface area contributed by atoms with Crippen molar-refractivity contribution in [3.8, 4) is 11.3 Å². The van der Waals surface area contributed by atoms with Gasteiger partial charge in [-0.25, -0.2) is 4.52 Å². The van der Waals surface area contributed by atoms with Crippen molar-refractivity contribution in [2.45, 2.75) is 38.8 Å². The van der Waals surface area contributed by atoms with Crippen molar-refractivity contribution in [1.29, 1.82) is 0 Å². The minimum atomic E-state index is 0.296. The molecule has 6 rings (SSSR count). The number of piperazine rings is 2. The molecule has 3 aromatic rings. The molecular weight excluding hydrogens is 438 g/mol. The Bertz CT molecular complexity index is 1190. The first kappa shape index (κ1) is 22.5. The minimum absolute atomic E-state index is 0.296. The van der Waals surface area contributed by atoms with Crippen LogP contribution in [0.15, 0.2) is 42.9 Å². The molecule has 0 radical (unpaired) electrons. The summed E-state index contributed by atoms with van der Waals surface area (Å²) >= 11 is 0. The van der Waals surface area contributed by atoms with Crippen LogP contribution >= 0.6 is 0 Å². The second-order valence-corrected chi connectivity index (χ2v) is 10.4. The zero-order valence-electron chi connectivity index (χ0n) is 20.7. The van der Waals surface area contributed by atoms with E-state index in [4.69, 9.17) is 4.98 Å². The Balaban J connectivity index is 1.18. The average Bonchev–Trinajstić information content (AvgIpc) is 3.66. The number of rotatable bonds is 5. The predicted octanol–water partition coefficient (Wildman–Crippen LogP) is 2.81. The number of nitrogens with one attached hydrogen (secondary N) is 1. The van der Waals surface area contributed by atoms with Crippen LogP contribution in [0, 0.1) is 5.92 Å². The van der Waals surface area contributed by atoms with Gasteiger partial charge in [0.15, 0.2) is 0 Å². The van der Waals surface area contributed by atoms with Gasteiger partial charge in [0, 0.05) is 88.0 Å². The molecule has 1 N–H and O–H groups in total. The van der Waals surface area contributed by atoms with E-state index in [-0.39, 0.29) is 0 Å². The highest BCUT2D eigenvalue weighted by Crippen LogP contribution is 2.32. The van der Waals surface area contributed by atoms with Crippen molar-refractivity contribution in [3.05, 3.63) is 48.4 Å². The summed E-state index contributed by atoms with van der Waals surface area (Å²) in [6.45, 7) is 10.9. The van der Waals surface area contributed by atoms with E-state index in [1.807, 2.05) is 21.8 Å². The second-order valence-electron chi connectivity index (χ2n) is 10.4. The summed E-state index contributed by atoms with van der Waals surface area (Å²) in [6, 6.07) is 9.48. The molecule has 8 heteroatoms. The van der Waals surface area contributed by atoms with Crippen LogP contribution in [0.4, 0.5) is 5.69 Å². The standard InChI is InChI=1S/C27H35N7O/c1-19(2)33-10-9-28-24(18-33)21-5-6-23(29-16-21)22-15-26-25(7-8-30-34(26)17-22)31-11-13-32(14-12-31)27(35)20-3-4-20/h5-8,15-17,19-20,24,28H,3-4,9-14,18H2,1-2H3. The maximum atomic E-state index is 12.4. The molecule has 8 nitrogen and oxygen atoms in total. The monoisotopic (exact) mass is 473 g/mol. The van der Waals surface area contributed by atoms with Crippen molar-refractivity contribution in [1.82, 2.24) is 29.7 Å². The smallest absolute Gasteiger partial charge is 0.225 e. The average molecular weight is 474 g/mol. The third-order valence-electron chi connectivity index (χ3n) is 7.77. The Hall–Kier alpha value is -2.97. The Morgan fingerprint density at radius 2 is 1.91 bits per heavy atom. The second kappa shape index (κ2) is 9.24. The molecule has 1 aliphatic carbocycles. The molecule has 0 bridgehead atoms. The maximum Gasteiger partial charge on any atom is 0.225 e. The Kier molecular flexibility index (Phi) is 5.94. The Morgan fingerprint density at radius 3 is 2.63 bits per heavy atom. The topological polar surface area (TPSA) is 69.0 Å². The lowest BCUT2D eigenvalue weighted by Crippen LogP contribution is -2.49. The SMILES string of the molecule is CC(C)N1CCNC(c2ccc(-c3cc4c(N5CCN(C(=O)C6CC6)CC5)ccnn4c3)nc2)C1. The fourth-order valence-corrected chi connectivity index (χ4v) is 5.41. The molecule has 1 saturated carbocycles. The Morgan fingerprint density at radius 1 is 1.09 bits per heavy atom. The van der Waals surface area contributed by atoms with Gasteiger partial charge in [-0.15, -0.1) is 0 Å². The maximum absolute atomic E-state index is 12.4. The first-order chi connectivity index (χ1) is 17.1. The predicted molar refractivity (Wildman–Crippen MR) is 137 cm³/mol. The molecular formula is C27H35N7O. The van der Waals surface area contributed by atoms with Gasteiger partial charge in [0.2, 0.25) is 5.91 Å². The number of hydrogen-bond donors (Lipinski definition) is 1. The summed E-state index contributed by atoms with van der Waals surface area (Å²) in [7, 11) is 0. The van der Waals surface area contributed by atoms with E-state index in [1.54, 1.807) is 0 Å². The van der Waals surface area contributed by atoms with Gasteiger partial charge in [-0.05, 0) is 50.5 Å². The summed E-state index contributed by atoms with van der Waals surface area (Å²) in [4.78, 5) is 24.2. The summed E-state index contributed by atoms with van der Waals surface area (Å²) in [6.07, 6.45) is 8.08. The third-order valence-corrected chi connectivity index (χ3v) is 7.77. The van der Waals surface area contributed by atoms with Gasteiger partial charge in [-0.2, -0.15) is 5.10 Å². The van der Waals surface area contributed by atoms with Crippen LogP contribution in [0.2, 0.25) is 0 Å². The number of fused-ring (bicyclic) bond motifs is 1. The van der Waals surface area contributed by atoms with Crippen molar-refractivity contribution in [2.24, 2.45) is 5.92 Å². The number of aromatic nitrogens is 3. The molecule has 3 aliphatic rings. The van der Waals surface area contributed by atoms with Crippen molar-refractivity contribution >= 4 is 17.1 Å². The summed E-state index contributed by atoms with van der Waals surface area (Å²) in [5.74, 6) is 0.647. The van der Waals surface area contributed by atoms with Gasteiger partial charge in [-0.3, -0.25) is 14.7 Å². The van der Waals surface area contributed by atoms with Gasteiger partial charge in [0.1, 0.15) is 0 Å². The van der Waals surface area contributed by atoms with E-state index < -0.39 is 0 Å². The van der Waals surface area contributed by atoms with Crippen molar-refractivity contribution < 1.29 is 4.79 Å². The van der Waals surface area contributed by atoms with Crippen LogP contribution in [0.3, 0.4) is 0 Å². The lowest BCUT2D eigenvalue weighted by Gasteiger charge is -2.36. The molecule has 184 valence electrons. The van der Waals surface area contributed by atoms with Gasteiger partial charge >= 0.3 is 0 Å². The van der Waals surface area contributed by atoms with E-state index in [0.29, 0.717) is 23.9 Å². The molecule has 1 amide bonds. The molecule has 2 aliphatic heterocycles. The van der Waals surface area contributed by atoms with Crippen LogP contribution in [-0.2, 0) is 4.79 Å². The molecule has 1 atom stereocenters. The van der Waals surface area contributed by atoms with Gasteiger partial charge in [0.25, 0.3) is 0 Å². The number of anilines is 1. The van der Waals surface area contributed by atoms with Gasteiger partial charge < -0.3 is 15.1 Å². The van der Waals surface area contributed by atoms with Crippen LogP contribution in [0.5, 0.6) is 0 Å². The highest BCUT2D eigenvalue weighted by Gasteiger charge is 2.34. The molecule has 1 unspecified atom stereocenters. The highest BCUT2D eigenvalue weighted by atomic mass is 16.2. The molecule has 35 heavy (non-hydrogen) atoms. The number of carbonyl (C=O) groups excluding carboxylic acids is 1. The number of amides is 1. The number of hydrogen-bond acceptors (Lipinski definition) is 6. The summed E-state index contributed by atoms with van der Waals surface area (Å²) in [5.41, 5.74) is 5.51. The van der Waals surface area contributed by atoms with E-state index in [1.165, 1.54) is 11.3 Å². The quantitative estimate of drug-likeness (QED) is 0.615.